The van der Waals surface area contributed by atoms with Crippen molar-refractivity contribution in [1.29, 1.82) is 0 Å². The molecule has 0 spiro atoms. The van der Waals surface area contributed by atoms with Crippen LogP contribution >= 0.6 is 0 Å². The van der Waals surface area contributed by atoms with Crippen LogP contribution in [0.25, 0.3) is 0 Å². The van der Waals surface area contributed by atoms with Crippen molar-refractivity contribution in [2.45, 2.75) is 59.0 Å². The van der Waals surface area contributed by atoms with E-state index in [-0.39, 0.29) is 17.5 Å². The average Bonchev–Trinajstić information content (AvgIpc) is 3.02. The molecule has 1 aliphatic carbocycles. The summed E-state index contributed by atoms with van der Waals surface area (Å²) in [6.45, 7) is 13.3. The quantitative estimate of drug-likeness (QED) is 0.457. The number of carbonyl (C=O) groups is 1. The zero-order chi connectivity index (χ0) is 17.9. The third-order valence-electron chi connectivity index (χ3n) is 4.21. The minimum Gasteiger partial charge on any atom is -0.447 e. The third-order valence-corrected chi connectivity index (χ3v) is 4.21. The van der Waals surface area contributed by atoms with Gasteiger partial charge in [0.1, 0.15) is 18.1 Å². The second kappa shape index (κ2) is 7.03. The molecule has 1 heterocycles. The third kappa shape index (κ3) is 4.13. The monoisotopic (exact) mass is 330 g/mol. The Kier molecular flexibility index (Phi) is 5.26. The van der Waals surface area contributed by atoms with Gasteiger partial charge in [-0.25, -0.2) is 9.98 Å². The molecule has 1 aliphatic rings. The molecule has 0 saturated heterocycles. The molecule has 1 atom stereocenters. The molecule has 1 amide bonds. The molecule has 2 N–H and O–H groups in total. The fourth-order valence-electron chi connectivity index (χ4n) is 2.52. The van der Waals surface area contributed by atoms with Crippen LogP contribution in [0.2, 0.25) is 0 Å². The molecule has 0 radical (unpaired) electrons. The number of carbonyl (C=O) groups excluding carboxylic acids is 1. The topological polar surface area (TPSA) is 79.5 Å². The van der Waals surface area contributed by atoms with Gasteiger partial charge in [-0.15, -0.1) is 0 Å². The molecule has 1 aromatic heterocycles. The van der Waals surface area contributed by atoms with E-state index in [9.17, 15) is 4.79 Å². The number of aromatic nitrogens is 1. The number of oxazole rings is 1. The van der Waals surface area contributed by atoms with Gasteiger partial charge in [-0.05, 0) is 54.2 Å². The smallest absolute Gasteiger partial charge is 0.252 e. The highest BCUT2D eigenvalue weighted by molar-refractivity contribution is 5.98. The van der Waals surface area contributed by atoms with Gasteiger partial charge in [-0.2, -0.15) is 0 Å². The molecule has 1 unspecified atom stereocenters. The van der Waals surface area contributed by atoms with Gasteiger partial charge in [0, 0.05) is 16.7 Å². The molecule has 0 aromatic carbocycles. The first-order chi connectivity index (χ1) is 11.3. The van der Waals surface area contributed by atoms with Crippen LogP contribution in [-0.2, 0) is 4.79 Å². The van der Waals surface area contributed by atoms with Crippen LogP contribution in [0.15, 0.2) is 44.4 Å². The van der Waals surface area contributed by atoms with E-state index in [1.807, 2.05) is 27.7 Å². The van der Waals surface area contributed by atoms with Crippen LogP contribution in [0, 0.1) is 0 Å². The minimum absolute atomic E-state index is 0.0619. The van der Waals surface area contributed by atoms with E-state index < -0.39 is 0 Å². The number of hydrogen-bond acceptors (Lipinski definition) is 5. The van der Waals surface area contributed by atoms with E-state index in [1.54, 1.807) is 6.20 Å². The summed E-state index contributed by atoms with van der Waals surface area (Å²) in [5.41, 5.74) is 2.36. The van der Waals surface area contributed by atoms with Gasteiger partial charge in [-0.3, -0.25) is 4.79 Å². The lowest BCUT2D eigenvalue weighted by Gasteiger charge is -2.19. The van der Waals surface area contributed by atoms with Gasteiger partial charge >= 0.3 is 0 Å². The summed E-state index contributed by atoms with van der Waals surface area (Å²) in [4.78, 5) is 20.9. The Labute approximate surface area is 143 Å². The number of nitrogens with zero attached hydrogens (tertiary/aromatic N) is 2. The van der Waals surface area contributed by atoms with Gasteiger partial charge < -0.3 is 15.1 Å². The van der Waals surface area contributed by atoms with Gasteiger partial charge in [-0.1, -0.05) is 5.57 Å². The van der Waals surface area contributed by atoms with Crippen molar-refractivity contribution in [3.63, 3.8) is 0 Å². The first-order valence-electron chi connectivity index (χ1n) is 8.11. The summed E-state index contributed by atoms with van der Waals surface area (Å²) in [5.74, 6) is 0.955. The van der Waals surface area contributed by atoms with Crippen molar-refractivity contribution >= 4 is 12.6 Å². The normalized spacial score (nSPS) is 17.4. The van der Waals surface area contributed by atoms with Crippen LogP contribution in [0.4, 0.5) is 0 Å². The summed E-state index contributed by atoms with van der Waals surface area (Å²) in [7, 11) is 0. The lowest BCUT2D eigenvalue weighted by atomic mass is 10.0. The SMILES string of the molecule is C=N/C(NC1(C)CC1)=C(\C)C(C(=O)NC(C)c1ncco1)=C(C)C. The Hall–Kier alpha value is -2.37. The van der Waals surface area contributed by atoms with Crippen LogP contribution in [0.5, 0.6) is 0 Å². The molecule has 6 heteroatoms. The van der Waals surface area contributed by atoms with Gasteiger partial charge in [0.05, 0.1) is 6.20 Å². The maximum atomic E-state index is 12.8. The Balaban J connectivity index is 2.23. The zero-order valence-electron chi connectivity index (χ0n) is 15.1. The summed E-state index contributed by atoms with van der Waals surface area (Å²) in [6, 6.07) is -0.316. The van der Waals surface area contributed by atoms with Crippen molar-refractivity contribution in [2.75, 3.05) is 0 Å². The number of allylic oxidation sites excluding steroid dienone is 1. The first kappa shape index (κ1) is 18.0. The van der Waals surface area contributed by atoms with Crippen molar-refractivity contribution in [3.8, 4) is 0 Å². The molecule has 0 bridgehead atoms. The Morgan fingerprint density at radius 3 is 2.54 bits per heavy atom. The molecule has 1 aromatic rings. The molecule has 1 fully saturated rings. The number of aliphatic imine (C=N–C) groups is 1. The second-order valence-corrected chi connectivity index (χ2v) is 6.76. The predicted molar refractivity (Wildman–Crippen MR) is 94.5 cm³/mol. The fraction of sp³-hybridized carbons (Fsp3) is 0.500. The van der Waals surface area contributed by atoms with Crippen molar-refractivity contribution in [1.82, 2.24) is 15.6 Å². The molecule has 130 valence electrons. The highest BCUT2D eigenvalue weighted by Gasteiger charge is 2.38. The number of rotatable bonds is 7. The molecule has 6 nitrogen and oxygen atoms in total. The fourth-order valence-corrected chi connectivity index (χ4v) is 2.52. The maximum Gasteiger partial charge on any atom is 0.252 e. The standard InChI is InChI=1S/C18H26N4O2/c1-11(2)14(12(3)15(19-6)22-18(5)7-8-18)16(23)21-13(4)17-20-9-10-24-17/h9-10,13,22H,6-8H2,1-5H3,(H,21,23)/b15-12-. The van der Waals surface area contributed by atoms with Gasteiger partial charge in [0.15, 0.2) is 0 Å². The highest BCUT2D eigenvalue weighted by Crippen LogP contribution is 2.36. The highest BCUT2D eigenvalue weighted by atomic mass is 16.3. The summed E-state index contributed by atoms with van der Waals surface area (Å²) in [5, 5.41) is 6.32. The summed E-state index contributed by atoms with van der Waals surface area (Å²) >= 11 is 0. The van der Waals surface area contributed by atoms with Crippen LogP contribution in [0.3, 0.4) is 0 Å². The van der Waals surface area contributed by atoms with Crippen molar-refractivity contribution in [2.24, 2.45) is 4.99 Å². The van der Waals surface area contributed by atoms with Crippen LogP contribution < -0.4 is 10.6 Å². The molecular formula is C18H26N4O2. The van der Waals surface area contributed by atoms with E-state index in [0.29, 0.717) is 17.3 Å². The Bertz CT molecular complexity index is 678. The molecule has 0 aliphatic heterocycles. The number of amides is 1. The van der Waals surface area contributed by atoms with Crippen molar-refractivity contribution < 1.29 is 9.21 Å². The van der Waals surface area contributed by atoms with Crippen LogP contribution in [0.1, 0.15) is 59.4 Å². The minimum atomic E-state index is -0.316. The van der Waals surface area contributed by atoms with E-state index in [2.05, 4.69) is 34.3 Å². The van der Waals surface area contributed by atoms with Crippen molar-refractivity contribution in [3.05, 3.63) is 40.9 Å². The largest absolute Gasteiger partial charge is 0.447 e. The molecule has 1 saturated carbocycles. The first-order valence-corrected chi connectivity index (χ1v) is 8.11. The van der Waals surface area contributed by atoms with Crippen LogP contribution in [-0.4, -0.2) is 23.1 Å². The van der Waals surface area contributed by atoms with E-state index >= 15 is 0 Å². The van der Waals surface area contributed by atoms with Gasteiger partial charge in [0.25, 0.3) is 5.91 Å². The lowest BCUT2D eigenvalue weighted by Crippen LogP contribution is -2.31. The predicted octanol–water partition coefficient (Wildman–Crippen LogP) is 3.26. The Morgan fingerprint density at radius 2 is 2.08 bits per heavy atom. The lowest BCUT2D eigenvalue weighted by molar-refractivity contribution is -0.118. The van der Waals surface area contributed by atoms with E-state index in [0.717, 1.165) is 24.0 Å². The second-order valence-electron chi connectivity index (χ2n) is 6.76. The molecule has 2 rings (SSSR count). The van der Waals surface area contributed by atoms with E-state index in [1.165, 1.54) is 6.26 Å². The number of hydrogen-bond donors (Lipinski definition) is 2. The summed E-state index contributed by atoms with van der Waals surface area (Å²) < 4.78 is 5.24. The molecular weight excluding hydrogens is 304 g/mol. The summed E-state index contributed by atoms with van der Waals surface area (Å²) in [6.07, 6.45) is 5.24. The van der Waals surface area contributed by atoms with Gasteiger partial charge in [0.2, 0.25) is 5.89 Å². The number of nitrogens with one attached hydrogen (secondary N) is 2. The maximum absolute atomic E-state index is 12.8. The molecule has 24 heavy (non-hydrogen) atoms. The average molecular weight is 330 g/mol. The Morgan fingerprint density at radius 1 is 1.42 bits per heavy atom. The zero-order valence-corrected chi connectivity index (χ0v) is 15.1. The van der Waals surface area contributed by atoms with E-state index in [4.69, 9.17) is 4.42 Å².